The van der Waals surface area contributed by atoms with E-state index in [1.54, 1.807) is 22.5 Å². The van der Waals surface area contributed by atoms with Crippen LogP contribution in [0.15, 0.2) is 29.2 Å². The molecular formula is C22H28N6O3S. The van der Waals surface area contributed by atoms with Gasteiger partial charge in [-0.2, -0.15) is 4.31 Å². The number of carbonyl (C=O) groups is 1. The van der Waals surface area contributed by atoms with E-state index in [0.717, 1.165) is 36.1 Å². The molecular weight excluding hydrogens is 428 g/mol. The fraction of sp³-hybridized carbons (Fsp3) is 0.500. The Morgan fingerprint density at radius 2 is 1.53 bits per heavy atom. The van der Waals surface area contributed by atoms with Crippen molar-refractivity contribution in [3.63, 3.8) is 0 Å². The van der Waals surface area contributed by atoms with Crippen LogP contribution in [0.4, 0.5) is 17.3 Å². The van der Waals surface area contributed by atoms with Gasteiger partial charge in [0, 0.05) is 57.4 Å². The van der Waals surface area contributed by atoms with E-state index in [4.69, 9.17) is 0 Å². The van der Waals surface area contributed by atoms with Gasteiger partial charge in [0.1, 0.15) is 17.5 Å². The lowest BCUT2D eigenvalue weighted by molar-refractivity contribution is -0.116. The molecule has 5 rings (SSSR count). The lowest BCUT2D eigenvalue weighted by atomic mass is 10.0. The molecule has 2 fully saturated rings. The summed E-state index contributed by atoms with van der Waals surface area (Å²) in [5, 5.41) is 2.80. The predicted octanol–water partition coefficient (Wildman–Crippen LogP) is 1.78. The third-order valence-electron chi connectivity index (χ3n) is 6.41. The Kier molecular flexibility index (Phi) is 5.50. The van der Waals surface area contributed by atoms with E-state index in [9.17, 15) is 13.2 Å². The largest absolute Gasteiger partial charge is 0.356 e. The summed E-state index contributed by atoms with van der Waals surface area (Å²) in [5.41, 5.74) is 1.58. The number of hydrogen-bond donors (Lipinski definition) is 1. The average molecular weight is 457 g/mol. The van der Waals surface area contributed by atoms with Crippen LogP contribution in [0.25, 0.3) is 0 Å². The van der Waals surface area contributed by atoms with Gasteiger partial charge in [-0.25, -0.2) is 18.4 Å². The molecule has 1 amide bonds. The van der Waals surface area contributed by atoms with Gasteiger partial charge in [0.25, 0.3) is 0 Å². The van der Waals surface area contributed by atoms with Gasteiger partial charge in [-0.15, -0.1) is 0 Å². The number of aromatic nitrogens is 2. The Bertz CT molecular complexity index is 1140. The van der Waals surface area contributed by atoms with Crippen molar-refractivity contribution in [2.45, 2.75) is 37.5 Å². The molecule has 9 nitrogen and oxygen atoms in total. The molecule has 0 atom stereocenters. The van der Waals surface area contributed by atoms with Gasteiger partial charge in [0.05, 0.1) is 4.90 Å². The Hall–Kier alpha value is -2.72. The zero-order chi connectivity index (χ0) is 22.3. The number of nitrogens with one attached hydrogen (secondary N) is 1. The minimum atomic E-state index is -3.59. The zero-order valence-electron chi connectivity index (χ0n) is 18.2. The summed E-state index contributed by atoms with van der Waals surface area (Å²) < 4.78 is 28.0. The van der Waals surface area contributed by atoms with Crippen molar-refractivity contribution in [2.24, 2.45) is 0 Å². The molecule has 1 aromatic heterocycles. The maximum atomic E-state index is 13.3. The van der Waals surface area contributed by atoms with Crippen molar-refractivity contribution < 1.29 is 13.2 Å². The number of nitrogens with zero attached hydrogens (tertiary/aromatic N) is 5. The molecule has 4 heterocycles. The molecule has 1 N–H and O–H groups in total. The number of carbonyl (C=O) groups excluding carboxylic acids is 1. The van der Waals surface area contributed by atoms with Gasteiger partial charge < -0.3 is 15.1 Å². The van der Waals surface area contributed by atoms with Crippen molar-refractivity contribution in [3.05, 3.63) is 35.7 Å². The smallest absolute Gasteiger partial charge is 0.243 e. The van der Waals surface area contributed by atoms with Gasteiger partial charge >= 0.3 is 0 Å². The molecule has 2 aromatic rings. The summed E-state index contributed by atoms with van der Waals surface area (Å²) >= 11 is 0. The van der Waals surface area contributed by atoms with Gasteiger partial charge in [-0.05, 0) is 49.9 Å². The summed E-state index contributed by atoms with van der Waals surface area (Å²) in [7, 11) is -3.59. The number of rotatable bonds is 4. The molecule has 1 aromatic carbocycles. The topological polar surface area (TPSA) is 98.7 Å². The van der Waals surface area contributed by atoms with Crippen LogP contribution in [-0.4, -0.2) is 67.9 Å². The first-order chi connectivity index (χ1) is 15.4. The summed E-state index contributed by atoms with van der Waals surface area (Å²) in [6.45, 7) is 5.91. The molecule has 0 aliphatic carbocycles. The maximum Gasteiger partial charge on any atom is 0.243 e. The highest BCUT2D eigenvalue weighted by Crippen LogP contribution is 2.28. The second kappa shape index (κ2) is 8.32. The minimum absolute atomic E-state index is 0.0305. The Morgan fingerprint density at radius 3 is 2.22 bits per heavy atom. The van der Waals surface area contributed by atoms with E-state index in [1.165, 1.54) is 12.8 Å². The molecule has 0 bridgehead atoms. The fourth-order valence-electron chi connectivity index (χ4n) is 4.63. The lowest BCUT2D eigenvalue weighted by Gasteiger charge is -2.35. The van der Waals surface area contributed by atoms with Crippen molar-refractivity contribution >= 4 is 33.3 Å². The van der Waals surface area contributed by atoms with Gasteiger partial charge in [0.2, 0.25) is 15.9 Å². The molecule has 32 heavy (non-hydrogen) atoms. The summed E-state index contributed by atoms with van der Waals surface area (Å²) in [5.74, 6) is 2.53. The number of aryl methyl sites for hydroxylation is 2. The van der Waals surface area contributed by atoms with Crippen LogP contribution in [0.3, 0.4) is 0 Å². The van der Waals surface area contributed by atoms with Gasteiger partial charge in [-0.1, -0.05) is 0 Å². The highest BCUT2D eigenvalue weighted by Gasteiger charge is 2.30. The van der Waals surface area contributed by atoms with Crippen molar-refractivity contribution in [1.82, 2.24) is 14.3 Å². The zero-order valence-corrected chi connectivity index (χ0v) is 19.1. The number of sulfonamides is 1. The van der Waals surface area contributed by atoms with Gasteiger partial charge in [0.15, 0.2) is 0 Å². The summed E-state index contributed by atoms with van der Waals surface area (Å²) in [6, 6.07) is 7.01. The first kappa shape index (κ1) is 21.1. The van der Waals surface area contributed by atoms with E-state index < -0.39 is 10.0 Å². The maximum absolute atomic E-state index is 13.3. The molecule has 2 saturated heterocycles. The predicted molar refractivity (Wildman–Crippen MR) is 123 cm³/mol. The van der Waals surface area contributed by atoms with Crippen LogP contribution in [0.5, 0.6) is 0 Å². The highest BCUT2D eigenvalue weighted by atomic mass is 32.2. The van der Waals surface area contributed by atoms with E-state index in [1.807, 2.05) is 13.0 Å². The van der Waals surface area contributed by atoms with Crippen molar-refractivity contribution in [1.29, 1.82) is 0 Å². The molecule has 0 radical (unpaired) electrons. The first-order valence-corrected chi connectivity index (χ1v) is 12.6. The van der Waals surface area contributed by atoms with Crippen LogP contribution in [0.2, 0.25) is 0 Å². The fourth-order valence-corrected chi connectivity index (χ4v) is 6.11. The average Bonchev–Trinajstić information content (AvgIpc) is 3.33. The monoisotopic (exact) mass is 456 g/mol. The Balaban J connectivity index is 1.30. The lowest BCUT2D eigenvalue weighted by Crippen LogP contribution is -2.49. The second-order valence-electron chi connectivity index (χ2n) is 8.58. The Labute approximate surface area is 188 Å². The van der Waals surface area contributed by atoms with Crippen LogP contribution in [0, 0.1) is 6.92 Å². The number of fused-ring (bicyclic) bond motifs is 1. The number of piperazine rings is 1. The quantitative estimate of drug-likeness (QED) is 0.749. The SMILES string of the molecule is Cc1nc(N2CCCC2)cc(N2CCN(S(=O)(=O)c3ccc4c(c3)CCC(=O)N4)CC2)n1. The third-order valence-corrected chi connectivity index (χ3v) is 8.31. The number of anilines is 3. The molecule has 0 unspecified atom stereocenters. The Morgan fingerprint density at radius 1 is 0.875 bits per heavy atom. The third kappa shape index (κ3) is 4.04. The standard InChI is InChI=1S/C22H28N6O3S/c1-16-23-20(26-8-2-3-9-26)15-21(24-16)27-10-12-28(13-11-27)32(30,31)18-5-6-19-17(14-18)4-7-22(29)25-19/h5-6,14-15H,2-4,7-13H2,1H3,(H,25,29). The van der Waals surface area contributed by atoms with Crippen molar-refractivity contribution in [3.8, 4) is 0 Å². The van der Waals surface area contributed by atoms with E-state index in [-0.39, 0.29) is 10.8 Å². The van der Waals surface area contributed by atoms with E-state index in [2.05, 4.69) is 25.1 Å². The first-order valence-electron chi connectivity index (χ1n) is 11.2. The minimum Gasteiger partial charge on any atom is -0.356 e. The summed E-state index contributed by atoms with van der Waals surface area (Å²) in [4.78, 5) is 25.5. The molecule has 170 valence electrons. The highest BCUT2D eigenvalue weighted by molar-refractivity contribution is 7.89. The molecule has 0 spiro atoms. The van der Waals surface area contributed by atoms with Crippen molar-refractivity contribution in [2.75, 3.05) is 54.4 Å². The molecule has 0 saturated carbocycles. The summed E-state index contributed by atoms with van der Waals surface area (Å²) in [6.07, 6.45) is 3.31. The number of hydrogen-bond acceptors (Lipinski definition) is 7. The molecule has 10 heteroatoms. The van der Waals surface area contributed by atoms with Crippen LogP contribution < -0.4 is 15.1 Å². The molecule has 3 aliphatic heterocycles. The number of amides is 1. The second-order valence-corrected chi connectivity index (χ2v) is 10.5. The van der Waals surface area contributed by atoms with Crippen LogP contribution in [-0.2, 0) is 21.2 Å². The molecule has 3 aliphatic rings. The van der Waals surface area contributed by atoms with E-state index in [0.29, 0.717) is 44.7 Å². The van der Waals surface area contributed by atoms with Crippen LogP contribution >= 0.6 is 0 Å². The number of benzene rings is 1. The van der Waals surface area contributed by atoms with E-state index >= 15 is 0 Å². The normalized spacial score (nSPS) is 19.7. The van der Waals surface area contributed by atoms with Crippen LogP contribution in [0.1, 0.15) is 30.7 Å². The van der Waals surface area contributed by atoms with Gasteiger partial charge in [-0.3, -0.25) is 4.79 Å².